The molecule has 148 valence electrons. The third-order valence-electron chi connectivity index (χ3n) is 4.49. The number of nitrogens with one attached hydrogen (secondary N) is 1. The van der Waals surface area contributed by atoms with Crippen molar-refractivity contribution >= 4 is 33.7 Å². The Morgan fingerprint density at radius 1 is 1.21 bits per heavy atom. The predicted molar refractivity (Wildman–Crippen MR) is 114 cm³/mol. The largest absolute Gasteiger partial charge is 0.386 e. The lowest BCUT2D eigenvalue weighted by atomic mass is 10.1. The summed E-state index contributed by atoms with van der Waals surface area (Å²) in [6.07, 6.45) is 1.61. The number of nitrogens with zero attached hydrogens (tertiary/aromatic N) is 2. The van der Waals surface area contributed by atoms with Crippen LogP contribution in [0.15, 0.2) is 58.2 Å². The van der Waals surface area contributed by atoms with Crippen molar-refractivity contribution in [2.75, 3.05) is 37.8 Å². The molecule has 0 aliphatic carbocycles. The van der Waals surface area contributed by atoms with Crippen LogP contribution in [0, 0.1) is 0 Å². The van der Waals surface area contributed by atoms with Crippen LogP contribution >= 0.6 is 15.9 Å². The zero-order valence-electron chi connectivity index (χ0n) is 15.8. The van der Waals surface area contributed by atoms with Gasteiger partial charge in [0.05, 0.1) is 25.5 Å². The first-order valence-corrected chi connectivity index (χ1v) is 10.0. The lowest BCUT2D eigenvalue weighted by molar-refractivity contribution is -0.126. The smallest absolute Gasteiger partial charge is 0.261 e. The van der Waals surface area contributed by atoms with E-state index in [9.17, 15) is 4.79 Å². The zero-order valence-corrected chi connectivity index (χ0v) is 17.4. The molecule has 0 bridgehead atoms. The average Bonchev–Trinajstić information content (AvgIpc) is 2.73. The molecule has 1 atom stereocenters. The van der Waals surface area contributed by atoms with Crippen LogP contribution in [0.25, 0.3) is 0 Å². The third kappa shape index (κ3) is 6.07. The summed E-state index contributed by atoms with van der Waals surface area (Å²) < 4.78 is 6.37. The van der Waals surface area contributed by atoms with Crippen molar-refractivity contribution in [3.8, 4) is 0 Å². The van der Waals surface area contributed by atoms with E-state index in [0.29, 0.717) is 0 Å². The molecular formula is C21H24BrN3O3. The molecule has 1 amide bonds. The Kier molecular flexibility index (Phi) is 7.45. The molecule has 1 N–H and O–H groups in total. The van der Waals surface area contributed by atoms with Gasteiger partial charge >= 0.3 is 0 Å². The van der Waals surface area contributed by atoms with Gasteiger partial charge in [0.15, 0.2) is 6.61 Å². The monoisotopic (exact) mass is 445 g/mol. The van der Waals surface area contributed by atoms with Gasteiger partial charge in [0, 0.05) is 23.2 Å². The molecule has 6 nitrogen and oxygen atoms in total. The first kappa shape index (κ1) is 20.4. The number of amides is 1. The highest BCUT2D eigenvalue weighted by Crippen LogP contribution is 2.17. The molecule has 2 aromatic carbocycles. The summed E-state index contributed by atoms with van der Waals surface area (Å²) in [5, 5.41) is 6.78. The standard InChI is InChI=1S/C21H24BrN3O3/c1-16(18-4-6-19(22)7-5-18)24-21(26)15-28-23-14-17-2-8-20(9-3-17)25-10-12-27-13-11-25/h2-9,14,16H,10-13,15H2,1H3,(H,24,26)/b23-14+. The number of ether oxygens (including phenoxy) is 1. The molecule has 0 saturated carbocycles. The maximum atomic E-state index is 12.0. The number of benzene rings is 2. The van der Waals surface area contributed by atoms with Crippen molar-refractivity contribution in [2.24, 2.45) is 5.16 Å². The van der Waals surface area contributed by atoms with Crippen LogP contribution in [-0.2, 0) is 14.4 Å². The molecule has 1 aliphatic heterocycles. The molecule has 7 heteroatoms. The van der Waals surface area contributed by atoms with Crippen molar-refractivity contribution in [1.29, 1.82) is 0 Å². The fourth-order valence-corrected chi connectivity index (χ4v) is 3.17. The van der Waals surface area contributed by atoms with Gasteiger partial charge in [-0.3, -0.25) is 4.79 Å². The molecule has 3 rings (SSSR count). The molecule has 28 heavy (non-hydrogen) atoms. The second kappa shape index (κ2) is 10.2. The quantitative estimate of drug-likeness (QED) is 0.523. The van der Waals surface area contributed by atoms with Gasteiger partial charge in [0.2, 0.25) is 0 Å². The molecule has 1 unspecified atom stereocenters. The number of halogens is 1. The second-order valence-corrected chi connectivity index (χ2v) is 7.46. The minimum absolute atomic E-state index is 0.0964. The van der Waals surface area contributed by atoms with Crippen molar-refractivity contribution in [2.45, 2.75) is 13.0 Å². The highest BCUT2D eigenvalue weighted by molar-refractivity contribution is 9.10. The van der Waals surface area contributed by atoms with E-state index >= 15 is 0 Å². The van der Waals surface area contributed by atoms with E-state index in [1.807, 2.05) is 43.3 Å². The van der Waals surface area contributed by atoms with Gasteiger partial charge in [0.25, 0.3) is 5.91 Å². The number of morpholine rings is 1. The minimum atomic E-state index is -0.213. The minimum Gasteiger partial charge on any atom is -0.386 e. The van der Waals surface area contributed by atoms with Gasteiger partial charge < -0.3 is 19.8 Å². The molecule has 1 aliphatic rings. The van der Waals surface area contributed by atoms with Crippen LogP contribution in [0.2, 0.25) is 0 Å². The van der Waals surface area contributed by atoms with Crippen LogP contribution in [0.1, 0.15) is 24.1 Å². The van der Waals surface area contributed by atoms with E-state index in [0.717, 1.165) is 41.9 Å². The van der Waals surface area contributed by atoms with Crippen LogP contribution in [0.4, 0.5) is 5.69 Å². The van der Waals surface area contributed by atoms with E-state index in [1.165, 1.54) is 5.69 Å². The Balaban J connectivity index is 1.41. The maximum Gasteiger partial charge on any atom is 0.261 e. The number of hydrogen-bond acceptors (Lipinski definition) is 5. The van der Waals surface area contributed by atoms with Crippen molar-refractivity contribution in [3.05, 3.63) is 64.1 Å². The molecule has 0 aromatic heterocycles. The molecular weight excluding hydrogens is 422 g/mol. The summed E-state index contributed by atoms with van der Waals surface area (Å²) in [5.41, 5.74) is 3.11. The van der Waals surface area contributed by atoms with E-state index in [4.69, 9.17) is 9.57 Å². The van der Waals surface area contributed by atoms with Crippen molar-refractivity contribution in [1.82, 2.24) is 5.32 Å². The Morgan fingerprint density at radius 2 is 1.89 bits per heavy atom. The Hall–Kier alpha value is -2.38. The van der Waals surface area contributed by atoms with Gasteiger partial charge in [0.1, 0.15) is 0 Å². The molecule has 1 fully saturated rings. The number of carbonyl (C=O) groups excluding carboxylic acids is 1. The Bertz CT molecular complexity index is 788. The Labute approximate surface area is 173 Å². The lowest BCUT2D eigenvalue weighted by Crippen LogP contribution is -2.36. The average molecular weight is 446 g/mol. The number of rotatable bonds is 7. The Morgan fingerprint density at radius 3 is 2.57 bits per heavy atom. The second-order valence-electron chi connectivity index (χ2n) is 6.54. The van der Waals surface area contributed by atoms with E-state index in [-0.39, 0.29) is 18.6 Å². The van der Waals surface area contributed by atoms with Crippen molar-refractivity contribution in [3.63, 3.8) is 0 Å². The van der Waals surface area contributed by atoms with Crippen LogP contribution in [0.5, 0.6) is 0 Å². The number of anilines is 1. The van der Waals surface area contributed by atoms with Gasteiger partial charge in [-0.2, -0.15) is 0 Å². The highest BCUT2D eigenvalue weighted by Gasteiger charge is 2.11. The lowest BCUT2D eigenvalue weighted by Gasteiger charge is -2.28. The summed E-state index contributed by atoms with van der Waals surface area (Å²) in [6.45, 7) is 5.15. The number of oxime groups is 1. The van der Waals surface area contributed by atoms with Gasteiger partial charge in [-0.25, -0.2) is 0 Å². The summed E-state index contributed by atoms with van der Waals surface area (Å²) in [4.78, 5) is 19.4. The van der Waals surface area contributed by atoms with Gasteiger partial charge in [-0.05, 0) is 42.3 Å². The molecule has 2 aromatic rings. The summed E-state index contributed by atoms with van der Waals surface area (Å²) >= 11 is 3.40. The van der Waals surface area contributed by atoms with Crippen molar-refractivity contribution < 1.29 is 14.4 Å². The number of carbonyl (C=O) groups is 1. The highest BCUT2D eigenvalue weighted by atomic mass is 79.9. The SMILES string of the molecule is CC(NC(=O)CO/N=C/c1ccc(N2CCOCC2)cc1)c1ccc(Br)cc1. The van der Waals surface area contributed by atoms with Gasteiger partial charge in [-0.1, -0.05) is 45.4 Å². The normalized spacial score (nSPS) is 15.4. The predicted octanol–water partition coefficient (Wildman–Crippen LogP) is 3.51. The summed E-state index contributed by atoms with van der Waals surface area (Å²) in [6, 6.07) is 15.8. The summed E-state index contributed by atoms with van der Waals surface area (Å²) in [5.74, 6) is -0.213. The van der Waals surface area contributed by atoms with Crippen LogP contribution < -0.4 is 10.2 Å². The van der Waals surface area contributed by atoms with E-state index in [2.05, 4.69) is 43.4 Å². The third-order valence-corrected chi connectivity index (χ3v) is 5.02. The molecule has 0 radical (unpaired) electrons. The van der Waals surface area contributed by atoms with E-state index < -0.39 is 0 Å². The zero-order chi connectivity index (χ0) is 19.8. The van der Waals surface area contributed by atoms with E-state index in [1.54, 1.807) is 6.21 Å². The maximum absolute atomic E-state index is 12.0. The van der Waals surface area contributed by atoms with Crippen LogP contribution in [0.3, 0.4) is 0 Å². The molecule has 0 spiro atoms. The van der Waals surface area contributed by atoms with Crippen LogP contribution in [-0.4, -0.2) is 45.0 Å². The molecule has 1 saturated heterocycles. The first-order chi connectivity index (χ1) is 13.6. The fourth-order valence-electron chi connectivity index (χ4n) is 2.90. The fraction of sp³-hybridized carbons (Fsp3) is 0.333. The molecule has 1 heterocycles. The summed E-state index contributed by atoms with van der Waals surface area (Å²) in [7, 11) is 0. The number of hydrogen-bond donors (Lipinski definition) is 1. The van der Waals surface area contributed by atoms with Gasteiger partial charge in [-0.15, -0.1) is 0 Å². The topological polar surface area (TPSA) is 63.2 Å². The first-order valence-electron chi connectivity index (χ1n) is 9.25.